The van der Waals surface area contributed by atoms with Gasteiger partial charge in [0.1, 0.15) is 11.8 Å². The lowest BCUT2D eigenvalue weighted by Gasteiger charge is -2.16. The Bertz CT molecular complexity index is 600. The molecule has 1 atom stereocenters. The zero-order chi connectivity index (χ0) is 15.4. The highest BCUT2D eigenvalue weighted by atomic mass is 16.5. The van der Waals surface area contributed by atoms with Gasteiger partial charge < -0.3 is 19.5 Å². The zero-order valence-corrected chi connectivity index (χ0v) is 12.6. The van der Waals surface area contributed by atoms with E-state index < -0.39 is 6.10 Å². The van der Waals surface area contributed by atoms with Crippen molar-refractivity contribution in [1.29, 1.82) is 0 Å². The first-order valence-electron chi connectivity index (χ1n) is 6.47. The number of methoxy groups -OCH3 is 2. The van der Waals surface area contributed by atoms with Crippen molar-refractivity contribution >= 4 is 5.69 Å². The molecule has 0 radical (unpaired) electrons. The molecule has 0 saturated heterocycles. The number of aliphatic hydroxyl groups excluding tert-OH is 1. The van der Waals surface area contributed by atoms with Gasteiger partial charge in [-0.2, -0.15) is 4.98 Å². The van der Waals surface area contributed by atoms with Gasteiger partial charge in [-0.15, -0.1) is 0 Å². The van der Waals surface area contributed by atoms with Crippen LogP contribution in [0.4, 0.5) is 5.69 Å². The molecule has 0 amide bonds. The van der Waals surface area contributed by atoms with Gasteiger partial charge in [-0.1, -0.05) is 12.1 Å². The van der Waals surface area contributed by atoms with Gasteiger partial charge in [0, 0.05) is 19.8 Å². The van der Waals surface area contributed by atoms with Crippen molar-refractivity contribution in [2.75, 3.05) is 33.2 Å². The number of rotatable bonds is 5. The number of nitrogens with zero attached hydrogens (tertiary/aromatic N) is 3. The first-order valence-corrected chi connectivity index (χ1v) is 6.47. The molecular formula is C15H19N3O3. The van der Waals surface area contributed by atoms with E-state index in [1.807, 2.05) is 43.3 Å². The smallest absolute Gasteiger partial charge is 0.241 e. The topological polar surface area (TPSA) is 67.7 Å². The van der Waals surface area contributed by atoms with Crippen LogP contribution in [0.15, 0.2) is 30.5 Å². The first-order chi connectivity index (χ1) is 10.1. The van der Waals surface area contributed by atoms with E-state index in [4.69, 9.17) is 9.47 Å². The monoisotopic (exact) mass is 289 g/mol. The van der Waals surface area contributed by atoms with Crippen LogP contribution in [0.5, 0.6) is 11.8 Å². The number of hydrogen-bond donors (Lipinski definition) is 1. The zero-order valence-electron chi connectivity index (χ0n) is 12.6. The quantitative estimate of drug-likeness (QED) is 0.902. The van der Waals surface area contributed by atoms with Crippen LogP contribution >= 0.6 is 0 Å². The Balaban J connectivity index is 2.32. The van der Waals surface area contributed by atoms with E-state index >= 15 is 0 Å². The average molecular weight is 289 g/mol. The molecule has 1 aromatic heterocycles. The summed E-state index contributed by atoms with van der Waals surface area (Å²) in [5.74, 6) is 0.587. The number of benzene rings is 1. The Morgan fingerprint density at radius 1 is 1.10 bits per heavy atom. The van der Waals surface area contributed by atoms with Crippen LogP contribution in [0.25, 0.3) is 0 Å². The second-order valence-corrected chi connectivity index (χ2v) is 4.70. The second-order valence-electron chi connectivity index (χ2n) is 4.70. The molecule has 1 aromatic carbocycles. The highest BCUT2D eigenvalue weighted by molar-refractivity contribution is 5.47. The first kappa shape index (κ1) is 15.1. The van der Waals surface area contributed by atoms with Crippen LogP contribution in [-0.4, -0.2) is 43.4 Å². The van der Waals surface area contributed by atoms with Gasteiger partial charge in [0.25, 0.3) is 0 Å². The van der Waals surface area contributed by atoms with E-state index in [0.717, 1.165) is 11.3 Å². The van der Waals surface area contributed by atoms with Crippen LogP contribution < -0.4 is 14.4 Å². The molecule has 2 aromatic rings. The normalized spacial score (nSPS) is 11.9. The summed E-state index contributed by atoms with van der Waals surface area (Å²) in [6.07, 6.45) is 0.546. The summed E-state index contributed by atoms with van der Waals surface area (Å²) in [5, 5.41) is 10.5. The second kappa shape index (κ2) is 6.41. The molecule has 1 heterocycles. The van der Waals surface area contributed by atoms with Crippen molar-refractivity contribution in [3.8, 4) is 11.8 Å². The highest BCUT2D eigenvalue weighted by Gasteiger charge is 2.19. The Kier molecular flexibility index (Phi) is 4.59. The molecule has 0 bridgehead atoms. The Labute approximate surface area is 124 Å². The maximum atomic E-state index is 10.5. The summed E-state index contributed by atoms with van der Waals surface area (Å²) in [6.45, 7) is 0. The van der Waals surface area contributed by atoms with Crippen molar-refractivity contribution in [2.45, 2.75) is 6.10 Å². The summed E-state index contributed by atoms with van der Waals surface area (Å²) < 4.78 is 10.2. The predicted octanol–water partition coefficient (Wildman–Crippen LogP) is 1.64. The van der Waals surface area contributed by atoms with E-state index in [1.165, 1.54) is 20.4 Å². The van der Waals surface area contributed by atoms with E-state index in [-0.39, 0.29) is 5.88 Å². The highest BCUT2D eigenvalue weighted by Crippen LogP contribution is 2.29. The van der Waals surface area contributed by atoms with Crippen LogP contribution in [0.1, 0.15) is 17.4 Å². The molecule has 2 rings (SSSR count). The van der Waals surface area contributed by atoms with Gasteiger partial charge in [-0.3, -0.25) is 0 Å². The summed E-state index contributed by atoms with van der Waals surface area (Å²) in [5.41, 5.74) is 2.13. The molecule has 0 aliphatic carbocycles. The molecule has 0 saturated carbocycles. The average Bonchev–Trinajstić information content (AvgIpc) is 2.53. The Hall–Kier alpha value is -2.34. The van der Waals surface area contributed by atoms with Gasteiger partial charge in [-0.25, -0.2) is 4.98 Å². The molecule has 6 nitrogen and oxygen atoms in total. The Morgan fingerprint density at radius 2 is 1.76 bits per heavy atom. The molecule has 112 valence electrons. The van der Waals surface area contributed by atoms with E-state index in [1.54, 1.807) is 0 Å². The number of aromatic nitrogens is 2. The van der Waals surface area contributed by atoms with Crippen LogP contribution in [0, 0.1) is 0 Å². The van der Waals surface area contributed by atoms with Gasteiger partial charge >= 0.3 is 0 Å². The van der Waals surface area contributed by atoms with Gasteiger partial charge in [0.2, 0.25) is 11.8 Å². The molecule has 1 unspecified atom stereocenters. The number of hydrogen-bond acceptors (Lipinski definition) is 6. The van der Waals surface area contributed by atoms with E-state index in [0.29, 0.717) is 11.6 Å². The standard InChI is InChI=1S/C15H19N3O3/c1-18(2)11-7-5-10(6-8-11)14(19)13-15(21-4)17-12(20-3)9-16-13/h5-9,14,19H,1-4H3. The SMILES string of the molecule is COc1cnc(C(O)c2ccc(N(C)C)cc2)c(OC)n1. The summed E-state index contributed by atoms with van der Waals surface area (Å²) >= 11 is 0. The van der Waals surface area contributed by atoms with Gasteiger partial charge in [-0.05, 0) is 17.7 Å². The molecule has 0 fully saturated rings. The fourth-order valence-electron chi connectivity index (χ4n) is 1.91. The van der Waals surface area contributed by atoms with Crippen molar-refractivity contribution in [1.82, 2.24) is 9.97 Å². The lowest BCUT2D eigenvalue weighted by molar-refractivity contribution is 0.206. The lowest BCUT2D eigenvalue weighted by atomic mass is 10.1. The third-order valence-corrected chi connectivity index (χ3v) is 3.13. The van der Waals surface area contributed by atoms with Crippen LogP contribution in [0.3, 0.4) is 0 Å². The minimum absolute atomic E-state index is 0.249. The molecule has 21 heavy (non-hydrogen) atoms. The maximum Gasteiger partial charge on any atom is 0.241 e. The molecule has 6 heteroatoms. The molecule has 0 aliphatic rings. The maximum absolute atomic E-state index is 10.5. The lowest BCUT2D eigenvalue weighted by Crippen LogP contribution is -2.10. The van der Waals surface area contributed by atoms with Crippen molar-refractivity contribution in [3.05, 3.63) is 41.7 Å². The number of anilines is 1. The van der Waals surface area contributed by atoms with E-state index in [9.17, 15) is 5.11 Å². The fourth-order valence-corrected chi connectivity index (χ4v) is 1.91. The summed E-state index contributed by atoms with van der Waals surface area (Å²) in [6, 6.07) is 7.57. The number of aliphatic hydroxyl groups is 1. The summed E-state index contributed by atoms with van der Waals surface area (Å²) in [4.78, 5) is 10.3. The predicted molar refractivity (Wildman–Crippen MR) is 80.0 cm³/mol. The van der Waals surface area contributed by atoms with Gasteiger partial charge in [0.15, 0.2) is 0 Å². The largest absolute Gasteiger partial charge is 0.480 e. The minimum atomic E-state index is -0.908. The van der Waals surface area contributed by atoms with Crippen molar-refractivity contribution in [2.24, 2.45) is 0 Å². The molecule has 1 N–H and O–H groups in total. The van der Waals surface area contributed by atoms with Crippen LogP contribution in [-0.2, 0) is 0 Å². The minimum Gasteiger partial charge on any atom is -0.480 e. The van der Waals surface area contributed by atoms with Crippen molar-refractivity contribution in [3.63, 3.8) is 0 Å². The third kappa shape index (κ3) is 3.22. The van der Waals surface area contributed by atoms with E-state index in [2.05, 4.69) is 9.97 Å². The number of ether oxygens (including phenoxy) is 2. The molecule has 0 spiro atoms. The Morgan fingerprint density at radius 3 is 2.29 bits per heavy atom. The summed E-state index contributed by atoms with van der Waals surface area (Å²) in [7, 11) is 6.90. The fraction of sp³-hybridized carbons (Fsp3) is 0.333. The molecular weight excluding hydrogens is 270 g/mol. The van der Waals surface area contributed by atoms with Crippen LogP contribution in [0.2, 0.25) is 0 Å². The third-order valence-electron chi connectivity index (χ3n) is 3.13. The van der Waals surface area contributed by atoms with Gasteiger partial charge in [0.05, 0.1) is 20.4 Å². The molecule has 0 aliphatic heterocycles. The van der Waals surface area contributed by atoms with Crippen molar-refractivity contribution < 1.29 is 14.6 Å².